The summed E-state index contributed by atoms with van der Waals surface area (Å²) >= 11 is 0. The van der Waals surface area contributed by atoms with Crippen molar-refractivity contribution in [2.24, 2.45) is 0 Å². The van der Waals surface area contributed by atoms with Gasteiger partial charge in [-0.3, -0.25) is 9.59 Å². The summed E-state index contributed by atoms with van der Waals surface area (Å²) in [6.45, 7) is 2.81. The van der Waals surface area contributed by atoms with E-state index in [-0.39, 0.29) is 18.4 Å². The summed E-state index contributed by atoms with van der Waals surface area (Å²) < 4.78 is 5.42. The monoisotopic (exact) mass is 326 g/mol. The Kier molecular flexibility index (Phi) is 6.83. The van der Waals surface area contributed by atoms with Gasteiger partial charge in [-0.25, -0.2) is 0 Å². The molecule has 2 amide bonds. The number of ether oxygens (including phenoxy) is 1. The minimum absolute atomic E-state index is 0.0614. The molecule has 0 aliphatic rings. The first-order valence-corrected chi connectivity index (χ1v) is 8.01. The van der Waals surface area contributed by atoms with Crippen LogP contribution in [-0.2, 0) is 11.2 Å². The lowest BCUT2D eigenvalue weighted by Gasteiger charge is -2.10. The van der Waals surface area contributed by atoms with Crippen molar-refractivity contribution in [1.29, 1.82) is 0 Å². The van der Waals surface area contributed by atoms with Crippen LogP contribution in [-0.4, -0.2) is 31.5 Å². The van der Waals surface area contributed by atoms with Crippen LogP contribution < -0.4 is 15.4 Å². The van der Waals surface area contributed by atoms with Crippen LogP contribution in [0, 0.1) is 0 Å². The summed E-state index contributed by atoms with van der Waals surface area (Å²) in [5.74, 6) is -0.0209. The molecule has 0 fully saturated rings. The van der Waals surface area contributed by atoms with Crippen molar-refractivity contribution in [3.63, 3.8) is 0 Å². The Morgan fingerprint density at radius 3 is 2.42 bits per heavy atom. The summed E-state index contributed by atoms with van der Waals surface area (Å²) in [6.07, 6.45) is 0.758. The molecule has 0 radical (unpaired) electrons. The number of nitrogens with one attached hydrogen (secondary N) is 2. The third-order valence-electron chi connectivity index (χ3n) is 3.42. The van der Waals surface area contributed by atoms with E-state index in [4.69, 9.17) is 4.74 Å². The van der Waals surface area contributed by atoms with Crippen LogP contribution in [0.3, 0.4) is 0 Å². The molecule has 0 heterocycles. The highest BCUT2D eigenvalue weighted by Crippen LogP contribution is 2.17. The third kappa shape index (κ3) is 5.43. The number of hydrogen-bond donors (Lipinski definition) is 2. The molecule has 0 aliphatic carbocycles. The van der Waals surface area contributed by atoms with Gasteiger partial charge in [0.05, 0.1) is 18.7 Å². The van der Waals surface area contributed by atoms with Gasteiger partial charge in [-0.2, -0.15) is 0 Å². The molecule has 0 atom stereocenters. The van der Waals surface area contributed by atoms with Crippen LogP contribution in [0.1, 0.15) is 22.8 Å². The molecule has 2 rings (SSSR count). The van der Waals surface area contributed by atoms with Gasteiger partial charge < -0.3 is 15.4 Å². The average Bonchev–Trinajstić information content (AvgIpc) is 2.61. The number of amides is 2. The molecule has 126 valence electrons. The lowest BCUT2D eigenvalue weighted by atomic mass is 10.1. The molecule has 0 spiro atoms. The molecule has 24 heavy (non-hydrogen) atoms. The lowest BCUT2D eigenvalue weighted by molar-refractivity contribution is -0.120. The van der Waals surface area contributed by atoms with Crippen LogP contribution >= 0.6 is 0 Å². The number of para-hydroxylation sites is 1. The smallest absolute Gasteiger partial charge is 0.255 e. The van der Waals surface area contributed by atoms with Gasteiger partial charge in [0, 0.05) is 6.54 Å². The summed E-state index contributed by atoms with van der Waals surface area (Å²) in [7, 11) is 0. The zero-order chi connectivity index (χ0) is 17.2. The summed E-state index contributed by atoms with van der Waals surface area (Å²) in [5.41, 5.74) is 1.59. The minimum Gasteiger partial charge on any atom is -0.493 e. The molecule has 0 bridgehead atoms. The van der Waals surface area contributed by atoms with Gasteiger partial charge in [-0.05, 0) is 31.0 Å². The third-order valence-corrected chi connectivity index (χ3v) is 3.42. The van der Waals surface area contributed by atoms with Crippen molar-refractivity contribution in [3.8, 4) is 5.75 Å². The maximum Gasteiger partial charge on any atom is 0.255 e. The van der Waals surface area contributed by atoms with E-state index < -0.39 is 0 Å². The molecule has 0 saturated heterocycles. The van der Waals surface area contributed by atoms with Gasteiger partial charge in [-0.1, -0.05) is 42.5 Å². The fourth-order valence-electron chi connectivity index (χ4n) is 2.24. The van der Waals surface area contributed by atoms with Crippen LogP contribution in [0.5, 0.6) is 5.75 Å². The van der Waals surface area contributed by atoms with E-state index in [1.54, 1.807) is 24.3 Å². The van der Waals surface area contributed by atoms with Crippen molar-refractivity contribution in [2.75, 3.05) is 19.7 Å². The zero-order valence-corrected chi connectivity index (χ0v) is 13.7. The summed E-state index contributed by atoms with van der Waals surface area (Å²) in [5, 5.41) is 5.41. The van der Waals surface area contributed by atoms with Crippen molar-refractivity contribution in [2.45, 2.75) is 13.3 Å². The SMILES string of the molecule is CCOc1ccccc1C(=O)NCC(=O)NCCc1ccccc1. The Bertz CT molecular complexity index is 671. The number of benzene rings is 2. The molecule has 0 unspecified atom stereocenters. The van der Waals surface area contributed by atoms with E-state index in [2.05, 4.69) is 10.6 Å². The molecule has 0 aromatic heterocycles. The number of carbonyl (C=O) groups excluding carboxylic acids is 2. The predicted octanol–water partition coefficient (Wildman–Crippen LogP) is 2.17. The zero-order valence-electron chi connectivity index (χ0n) is 13.7. The molecular weight excluding hydrogens is 304 g/mol. The van der Waals surface area contributed by atoms with Gasteiger partial charge in [0.25, 0.3) is 5.91 Å². The van der Waals surface area contributed by atoms with E-state index in [1.165, 1.54) is 0 Å². The standard InChI is InChI=1S/C19H22N2O3/c1-2-24-17-11-7-6-10-16(17)19(23)21-14-18(22)20-13-12-15-8-4-3-5-9-15/h3-11H,2,12-14H2,1H3,(H,20,22)(H,21,23). The van der Waals surface area contributed by atoms with E-state index in [1.807, 2.05) is 37.3 Å². The topological polar surface area (TPSA) is 67.4 Å². The fourth-order valence-corrected chi connectivity index (χ4v) is 2.24. The van der Waals surface area contributed by atoms with Crippen molar-refractivity contribution >= 4 is 11.8 Å². The molecule has 0 aliphatic heterocycles. The van der Waals surface area contributed by atoms with Gasteiger partial charge in [0.15, 0.2) is 0 Å². The second-order valence-corrected chi connectivity index (χ2v) is 5.20. The number of hydrogen-bond acceptors (Lipinski definition) is 3. The van der Waals surface area contributed by atoms with Crippen LogP contribution in [0.2, 0.25) is 0 Å². The first kappa shape index (κ1) is 17.5. The number of rotatable bonds is 8. The summed E-state index contributed by atoms with van der Waals surface area (Å²) in [4.78, 5) is 24.0. The first-order chi connectivity index (χ1) is 11.7. The molecule has 0 saturated carbocycles. The highest BCUT2D eigenvalue weighted by Gasteiger charge is 2.12. The molecule has 5 heteroatoms. The highest BCUT2D eigenvalue weighted by atomic mass is 16.5. The predicted molar refractivity (Wildman–Crippen MR) is 93.1 cm³/mol. The van der Waals surface area contributed by atoms with E-state index in [0.717, 1.165) is 12.0 Å². The first-order valence-electron chi connectivity index (χ1n) is 8.01. The molecule has 5 nitrogen and oxygen atoms in total. The van der Waals surface area contributed by atoms with Crippen molar-refractivity contribution in [3.05, 3.63) is 65.7 Å². The summed E-state index contributed by atoms with van der Waals surface area (Å²) in [6, 6.07) is 16.9. The van der Waals surface area contributed by atoms with Gasteiger partial charge in [0.2, 0.25) is 5.91 Å². The largest absolute Gasteiger partial charge is 0.493 e. The highest BCUT2D eigenvalue weighted by molar-refractivity contribution is 5.98. The van der Waals surface area contributed by atoms with Crippen LogP contribution in [0.4, 0.5) is 0 Å². The van der Waals surface area contributed by atoms with Crippen molar-refractivity contribution in [1.82, 2.24) is 10.6 Å². The van der Waals surface area contributed by atoms with E-state index in [0.29, 0.717) is 24.5 Å². The van der Waals surface area contributed by atoms with E-state index >= 15 is 0 Å². The average molecular weight is 326 g/mol. The number of carbonyl (C=O) groups is 2. The molecule has 2 N–H and O–H groups in total. The van der Waals surface area contributed by atoms with Gasteiger partial charge in [0.1, 0.15) is 5.75 Å². The van der Waals surface area contributed by atoms with Crippen LogP contribution in [0.25, 0.3) is 0 Å². The van der Waals surface area contributed by atoms with Crippen molar-refractivity contribution < 1.29 is 14.3 Å². The molecular formula is C19H22N2O3. The maximum absolute atomic E-state index is 12.2. The normalized spacial score (nSPS) is 10.0. The second-order valence-electron chi connectivity index (χ2n) is 5.20. The quantitative estimate of drug-likeness (QED) is 0.781. The van der Waals surface area contributed by atoms with Crippen LogP contribution in [0.15, 0.2) is 54.6 Å². The lowest BCUT2D eigenvalue weighted by Crippen LogP contribution is -2.37. The minimum atomic E-state index is -0.322. The second kappa shape index (κ2) is 9.35. The Morgan fingerprint density at radius 1 is 0.958 bits per heavy atom. The molecule has 2 aromatic carbocycles. The Balaban J connectivity index is 1.76. The van der Waals surface area contributed by atoms with Gasteiger partial charge in [-0.15, -0.1) is 0 Å². The fraction of sp³-hybridized carbons (Fsp3) is 0.263. The Labute approximate surface area is 142 Å². The Hall–Kier alpha value is -2.82. The van der Waals surface area contributed by atoms with Gasteiger partial charge >= 0.3 is 0 Å². The maximum atomic E-state index is 12.2. The van der Waals surface area contributed by atoms with E-state index in [9.17, 15) is 9.59 Å². The Morgan fingerprint density at radius 2 is 1.67 bits per heavy atom. The molecule has 2 aromatic rings.